The average Bonchev–Trinajstić information content (AvgIpc) is 2.96. The van der Waals surface area contributed by atoms with Gasteiger partial charge in [-0.15, -0.1) is 0 Å². The molecule has 186 valence electrons. The Morgan fingerprint density at radius 2 is 1.50 bits per heavy atom. The Hall–Kier alpha value is -5.37. The number of carbonyl (C=O) groups excluding carboxylic acids is 2. The summed E-state index contributed by atoms with van der Waals surface area (Å²) < 4.78 is 6.72. The van der Waals surface area contributed by atoms with Crippen molar-refractivity contribution in [2.75, 3.05) is 0 Å². The van der Waals surface area contributed by atoms with Gasteiger partial charge in [-0.05, 0) is 59.7 Å². The first kappa shape index (κ1) is 24.3. The molecule has 0 aliphatic rings. The summed E-state index contributed by atoms with van der Waals surface area (Å²) >= 11 is 0. The van der Waals surface area contributed by atoms with E-state index in [2.05, 4.69) is 15.5 Å². The summed E-state index contributed by atoms with van der Waals surface area (Å²) in [5, 5.41) is 4.45. The van der Waals surface area contributed by atoms with E-state index in [9.17, 15) is 14.4 Å². The number of nitrogens with one attached hydrogen (secondary N) is 1. The number of hydrogen-bond donors (Lipinski definition) is 1. The lowest BCUT2D eigenvalue weighted by Crippen LogP contribution is -2.32. The van der Waals surface area contributed by atoms with Gasteiger partial charge in [0.1, 0.15) is 5.75 Å². The fourth-order valence-electron chi connectivity index (χ4n) is 3.83. The summed E-state index contributed by atoms with van der Waals surface area (Å²) in [5.41, 5.74) is 4.55. The van der Waals surface area contributed by atoms with E-state index < -0.39 is 11.9 Å². The number of nitrogens with zero attached hydrogens (tertiary/aromatic N) is 3. The van der Waals surface area contributed by atoms with E-state index in [0.29, 0.717) is 27.8 Å². The highest BCUT2D eigenvalue weighted by Gasteiger charge is 2.17. The molecule has 8 heteroatoms. The second-order valence-corrected chi connectivity index (χ2v) is 8.35. The number of hydrogen-bond acceptors (Lipinski definition) is 6. The zero-order chi connectivity index (χ0) is 26.3. The summed E-state index contributed by atoms with van der Waals surface area (Å²) in [6, 6.07) is 31.6. The molecular formula is C30H22N4O4. The second-order valence-electron chi connectivity index (χ2n) is 8.35. The second kappa shape index (κ2) is 11.1. The van der Waals surface area contributed by atoms with E-state index >= 15 is 0 Å². The fourth-order valence-corrected chi connectivity index (χ4v) is 3.83. The first-order valence-electron chi connectivity index (χ1n) is 11.8. The van der Waals surface area contributed by atoms with Crippen molar-refractivity contribution in [3.8, 4) is 5.75 Å². The van der Waals surface area contributed by atoms with E-state index in [4.69, 9.17) is 4.74 Å². The highest BCUT2D eigenvalue weighted by molar-refractivity contribution is 5.94. The van der Waals surface area contributed by atoms with Crippen LogP contribution in [0.4, 0.5) is 0 Å². The normalized spacial score (nSPS) is 10.9. The van der Waals surface area contributed by atoms with Crippen molar-refractivity contribution in [2.45, 2.75) is 6.54 Å². The quantitative estimate of drug-likeness (QED) is 0.154. The minimum Gasteiger partial charge on any atom is -0.423 e. The maximum Gasteiger partial charge on any atom is 0.343 e. The van der Waals surface area contributed by atoms with E-state index in [0.717, 1.165) is 5.56 Å². The van der Waals surface area contributed by atoms with Crippen LogP contribution in [0.2, 0.25) is 0 Å². The Balaban J connectivity index is 1.32. The molecule has 0 saturated heterocycles. The third-order valence-electron chi connectivity index (χ3n) is 5.73. The first-order valence-corrected chi connectivity index (χ1v) is 11.8. The predicted octanol–water partition coefficient (Wildman–Crippen LogP) is 4.43. The van der Waals surface area contributed by atoms with E-state index in [-0.39, 0.29) is 17.9 Å². The lowest BCUT2D eigenvalue weighted by atomic mass is 10.2. The van der Waals surface area contributed by atoms with Gasteiger partial charge in [-0.1, -0.05) is 60.7 Å². The summed E-state index contributed by atoms with van der Waals surface area (Å²) in [6.07, 6.45) is 1.45. The van der Waals surface area contributed by atoms with Gasteiger partial charge in [-0.2, -0.15) is 5.10 Å². The van der Waals surface area contributed by atoms with Gasteiger partial charge >= 0.3 is 11.9 Å². The minimum atomic E-state index is -0.617. The maximum absolute atomic E-state index is 13.2. The summed E-state index contributed by atoms with van der Waals surface area (Å²) in [4.78, 5) is 42.9. The third-order valence-corrected chi connectivity index (χ3v) is 5.73. The van der Waals surface area contributed by atoms with Crippen LogP contribution in [0.3, 0.4) is 0 Å². The van der Waals surface area contributed by atoms with Gasteiger partial charge in [0.05, 0.1) is 29.2 Å². The minimum absolute atomic E-state index is 0.0436. The number of aromatic nitrogens is 2. The molecule has 0 aliphatic carbocycles. The molecule has 0 spiro atoms. The van der Waals surface area contributed by atoms with Crippen LogP contribution in [-0.2, 0) is 6.54 Å². The number of ether oxygens (including phenoxy) is 1. The number of amides is 1. The monoisotopic (exact) mass is 502 g/mol. The lowest BCUT2D eigenvalue weighted by molar-refractivity contribution is 0.0734. The van der Waals surface area contributed by atoms with Gasteiger partial charge in [0, 0.05) is 0 Å². The number of esters is 1. The highest BCUT2D eigenvalue weighted by atomic mass is 16.5. The van der Waals surface area contributed by atoms with Gasteiger partial charge in [0.15, 0.2) is 0 Å². The molecule has 1 aromatic heterocycles. The maximum atomic E-state index is 13.2. The topological polar surface area (TPSA) is 103 Å². The van der Waals surface area contributed by atoms with Crippen LogP contribution in [0.25, 0.3) is 10.9 Å². The Labute approximate surface area is 217 Å². The predicted molar refractivity (Wildman–Crippen MR) is 144 cm³/mol. The summed E-state index contributed by atoms with van der Waals surface area (Å²) in [6.45, 7) is 0.188. The third kappa shape index (κ3) is 5.55. The molecule has 0 bridgehead atoms. The van der Waals surface area contributed by atoms with Crippen LogP contribution >= 0.6 is 0 Å². The molecule has 1 heterocycles. The van der Waals surface area contributed by atoms with Crippen molar-refractivity contribution < 1.29 is 14.3 Å². The van der Waals surface area contributed by atoms with Crippen molar-refractivity contribution in [3.63, 3.8) is 0 Å². The average molecular weight is 503 g/mol. The van der Waals surface area contributed by atoms with E-state index in [1.54, 1.807) is 72.8 Å². The number of benzene rings is 4. The van der Waals surface area contributed by atoms with Gasteiger partial charge in [-0.3, -0.25) is 14.2 Å². The summed E-state index contributed by atoms with van der Waals surface area (Å²) in [7, 11) is 0. The molecule has 0 atom stereocenters. The molecule has 0 unspecified atom stereocenters. The SMILES string of the molecule is O=C(Oc1ccc(/C=N\NC(=O)c2nc3ccccc3c(=O)n2Cc2ccccc2)cc1)c1ccccc1. The molecule has 0 aliphatic heterocycles. The molecule has 1 N–H and O–H groups in total. The van der Waals surface area contributed by atoms with E-state index in [1.807, 2.05) is 36.4 Å². The zero-order valence-electron chi connectivity index (χ0n) is 20.2. The number of carbonyl (C=O) groups is 2. The zero-order valence-corrected chi connectivity index (χ0v) is 20.2. The number of rotatable bonds is 7. The van der Waals surface area contributed by atoms with Crippen molar-refractivity contribution in [2.24, 2.45) is 5.10 Å². The van der Waals surface area contributed by atoms with Crippen LogP contribution in [0.15, 0.2) is 119 Å². The molecule has 5 aromatic rings. The van der Waals surface area contributed by atoms with Crippen LogP contribution in [0, 0.1) is 0 Å². The van der Waals surface area contributed by atoms with Gasteiger partial charge in [0.2, 0.25) is 5.82 Å². The molecule has 38 heavy (non-hydrogen) atoms. The van der Waals surface area contributed by atoms with Crippen molar-refractivity contribution in [1.82, 2.24) is 15.0 Å². The smallest absolute Gasteiger partial charge is 0.343 e. The van der Waals surface area contributed by atoms with Crippen LogP contribution < -0.4 is 15.7 Å². The first-order chi connectivity index (χ1) is 18.6. The Bertz CT molecular complexity index is 1680. The largest absolute Gasteiger partial charge is 0.423 e. The van der Waals surface area contributed by atoms with Crippen LogP contribution in [-0.4, -0.2) is 27.6 Å². The van der Waals surface area contributed by atoms with Gasteiger partial charge < -0.3 is 4.74 Å². The number of fused-ring (bicyclic) bond motifs is 1. The van der Waals surface area contributed by atoms with Crippen molar-refractivity contribution in [3.05, 3.63) is 142 Å². The molecule has 0 radical (unpaired) electrons. The highest BCUT2D eigenvalue weighted by Crippen LogP contribution is 2.14. The van der Waals surface area contributed by atoms with Gasteiger partial charge in [0.25, 0.3) is 5.56 Å². The molecule has 4 aromatic carbocycles. The molecule has 8 nitrogen and oxygen atoms in total. The fraction of sp³-hybridized carbons (Fsp3) is 0.0333. The van der Waals surface area contributed by atoms with Crippen molar-refractivity contribution in [1.29, 1.82) is 0 Å². The Morgan fingerprint density at radius 1 is 0.842 bits per heavy atom. The van der Waals surface area contributed by atoms with Gasteiger partial charge in [-0.25, -0.2) is 15.2 Å². The van der Waals surface area contributed by atoms with E-state index in [1.165, 1.54) is 10.8 Å². The van der Waals surface area contributed by atoms with Crippen LogP contribution in [0.1, 0.15) is 32.1 Å². The Morgan fingerprint density at radius 3 is 2.24 bits per heavy atom. The number of para-hydroxylation sites is 1. The summed E-state index contributed by atoms with van der Waals surface area (Å²) in [5.74, 6) is -0.736. The molecule has 5 rings (SSSR count). The lowest BCUT2D eigenvalue weighted by Gasteiger charge is -2.12. The van der Waals surface area contributed by atoms with Crippen molar-refractivity contribution >= 4 is 29.0 Å². The standard InChI is InChI=1S/C30H22N4O4/c35-28(33-31-19-21-15-17-24(18-16-21)38-30(37)23-11-5-2-6-12-23)27-32-26-14-8-7-13-25(26)29(36)34(27)20-22-9-3-1-4-10-22/h1-19H,20H2,(H,33,35)/b31-19-. The van der Waals surface area contributed by atoms with Crippen LogP contribution in [0.5, 0.6) is 5.75 Å². The molecule has 0 fully saturated rings. The molecule has 0 saturated carbocycles. The number of hydrazone groups is 1. The molecule has 1 amide bonds. The Kier molecular flexibility index (Phi) is 7.13. The molecular weight excluding hydrogens is 480 g/mol.